The molecule has 0 radical (unpaired) electrons. The largest absolute Gasteiger partial charge is 0.465 e. The van der Waals surface area contributed by atoms with Gasteiger partial charge >= 0.3 is 5.97 Å². The second kappa shape index (κ2) is 10.8. The number of thiophene rings is 1. The van der Waals surface area contributed by atoms with Crippen LogP contribution in [0.5, 0.6) is 0 Å². The first-order chi connectivity index (χ1) is 16.9. The Morgan fingerprint density at radius 1 is 0.943 bits per heavy atom. The van der Waals surface area contributed by atoms with Crippen LogP contribution in [0.4, 0.5) is 5.69 Å². The van der Waals surface area contributed by atoms with Crippen molar-refractivity contribution in [1.29, 1.82) is 0 Å². The molecule has 0 spiro atoms. The van der Waals surface area contributed by atoms with Gasteiger partial charge in [0.2, 0.25) is 15.9 Å². The number of ether oxygens (including phenoxy) is 1. The van der Waals surface area contributed by atoms with Crippen LogP contribution in [-0.2, 0) is 26.0 Å². The molecule has 0 aliphatic rings. The number of anilines is 1. The summed E-state index contributed by atoms with van der Waals surface area (Å²) in [6, 6.07) is 24.6. The van der Waals surface area contributed by atoms with Gasteiger partial charge in [0.25, 0.3) is 0 Å². The number of nitrogens with zero attached hydrogens (tertiary/aromatic N) is 1. The Kier molecular flexibility index (Phi) is 7.60. The number of hydrogen-bond donors (Lipinski definition) is 1. The van der Waals surface area contributed by atoms with Crippen LogP contribution in [0.1, 0.15) is 15.2 Å². The second-order valence-electron chi connectivity index (χ2n) is 7.79. The summed E-state index contributed by atoms with van der Waals surface area (Å²) in [6.45, 7) is -0.181. The molecule has 0 aliphatic heterocycles. The number of amides is 1. The first-order valence-electron chi connectivity index (χ1n) is 10.9. The molecule has 4 aromatic rings. The zero-order valence-corrected chi connectivity index (χ0v) is 20.6. The van der Waals surface area contributed by atoms with E-state index in [1.165, 1.54) is 34.9 Å². The third-order valence-corrected chi connectivity index (χ3v) is 8.34. The van der Waals surface area contributed by atoms with E-state index < -0.39 is 21.9 Å². The van der Waals surface area contributed by atoms with Crippen LogP contribution in [0, 0.1) is 0 Å². The maximum absolute atomic E-state index is 13.3. The molecule has 1 heterocycles. The summed E-state index contributed by atoms with van der Waals surface area (Å²) in [5.41, 5.74) is 1.49. The van der Waals surface area contributed by atoms with Crippen molar-refractivity contribution in [2.45, 2.75) is 11.3 Å². The average molecular weight is 509 g/mol. The number of methoxy groups -OCH3 is 1. The fraction of sp³-hybridized carbons (Fsp3) is 0.154. The van der Waals surface area contributed by atoms with E-state index in [1.807, 2.05) is 30.3 Å². The van der Waals surface area contributed by atoms with Crippen LogP contribution in [-0.4, -0.2) is 44.8 Å². The lowest BCUT2D eigenvalue weighted by molar-refractivity contribution is -0.116. The van der Waals surface area contributed by atoms with Crippen molar-refractivity contribution < 1.29 is 22.7 Å². The molecular formula is C26H24N2O5S2. The molecule has 180 valence electrons. The highest BCUT2D eigenvalue weighted by atomic mass is 32.2. The van der Waals surface area contributed by atoms with Crippen molar-refractivity contribution >= 4 is 49.0 Å². The lowest BCUT2D eigenvalue weighted by atomic mass is 10.1. The standard InChI is InChI=1S/C26H24N2O5S2/c1-33-26(30)24-17-20-16-21(12-13-23(20)34-24)27-25(29)18-28(15-14-19-8-4-2-5-9-19)35(31,32)22-10-6-3-7-11-22/h2-13,16-17H,14-15,18H2,1H3,(H,27,29). The molecule has 1 amide bonds. The quantitative estimate of drug-likeness (QED) is 0.335. The second-order valence-corrected chi connectivity index (χ2v) is 10.8. The Morgan fingerprint density at radius 2 is 1.63 bits per heavy atom. The molecule has 0 aliphatic carbocycles. The van der Waals surface area contributed by atoms with E-state index in [0.717, 1.165) is 15.6 Å². The number of fused-ring (bicyclic) bond motifs is 1. The highest BCUT2D eigenvalue weighted by molar-refractivity contribution is 7.89. The van der Waals surface area contributed by atoms with Crippen LogP contribution < -0.4 is 5.32 Å². The number of sulfonamides is 1. The van der Waals surface area contributed by atoms with Gasteiger partial charge in [0, 0.05) is 16.9 Å². The number of esters is 1. The number of benzene rings is 3. The van der Waals surface area contributed by atoms with Crippen LogP contribution in [0.3, 0.4) is 0 Å². The molecule has 0 bridgehead atoms. The molecule has 4 rings (SSSR count). The molecule has 3 aromatic carbocycles. The first kappa shape index (κ1) is 24.6. The third kappa shape index (κ3) is 5.94. The minimum atomic E-state index is -3.88. The van der Waals surface area contributed by atoms with Gasteiger partial charge in [-0.05, 0) is 53.8 Å². The summed E-state index contributed by atoms with van der Waals surface area (Å²) >= 11 is 1.30. The average Bonchev–Trinajstić information content (AvgIpc) is 3.30. The zero-order chi connectivity index (χ0) is 24.8. The van der Waals surface area contributed by atoms with E-state index >= 15 is 0 Å². The van der Waals surface area contributed by atoms with Gasteiger partial charge in [0.1, 0.15) is 4.88 Å². The van der Waals surface area contributed by atoms with Gasteiger partial charge in [0.05, 0.1) is 18.6 Å². The Labute approximate surface area is 208 Å². The van der Waals surface area contributed by atoms with Crippen LogP contribution >= 0.6 is 11.3 Å². The molecule has 0 atom stereocenters. The normalized spacial score (nSPS) is 11.5. The Hall–Kier alpha value is -3.53. The van der Waals surface area contributed by atoms with Gasteiger partial charge in [-0.2, -0.15) is 4.31 Å². The van der Waals surface area contributed by atoms with Gasteiger partial charge in [0.15, 0.2) is 0 Å². The predicted molar refractivity (Wildman–Crippen MR) is 137 cm³/mol. The molecule has 1 aromatic heterocycles. The monoisotopic (exact) mass is 508 g/mol. The number of rotatable bonds is 9. The van der Waals surface area contributed by atoms with Gasteiger partial charge in [-0.25, -0.2) is 13.2 Å². The van der Waals surface area contributed by atoms with E-state index in [1.54, 1.807) is 42.5 Å². The van der Waals surface area contributed by atoms with Gasteiger partial charge in [-0.1, -0.05) is 48.5 Å². The highest BCUT2D eigenvalue weighted by Gasteiger charge is 2.26. The molecule has 0 unspecified atom stereocenters. The van der Waals surface area contributed by atoms with E-state index in [-0.39, 0.29) is 18.0 Å². The molecule has 0 fully saturated rings. The summed E-state index contributed by atoms with van der Waals surface area (Å²) in [5.74, 6) is -0.877. The Morgan fingerprint density at radius 3 is 2.31 bits per heavy atom. The fourth-order valence-electron chi connectivity index (χ4n) is 3.61. The summed E-state index contributed by atoms with van der Waals surface area (Å²) in [4.78, 5) is 25.3. The van der Waals surface area contributed by atoms with E-state index in [4.69, 9.17) is 4.74 Å². The minimum absolute atomic E-state index is 0.135. The third-order valence-electron chi connectivity index (χ3n) is 5.38. The molecule has 9 heteroatoms. The van der Waals surface area contributed by atoms with Gasteiger partial charge in [-0.3, -0.25) is 4.79 Å². The predicted octanol–water partition coefficient (Wildman–Crippen LogP) is 4.56. The Balaban J connectivity index is 1.52. The zero-order valence-electron chi connectivity index (χ0n) is 19.0. The summed E-state index contributed by atoms with van der Waals surface area (Å²) < 4.78 is 33.5. The lowest BCUT2D eigenvalue weighted by Crippen LogP contribution is -2.39. The van der Waals surface area contributed by atoms with Crippen LogP contribution in [0.25, 0.3) is 10.1 Å². The number of nitrogens with one attached hydrogen (secondary N) is 1. The Bertz CT molecular complexity index is 1430. The number of carbonyl (C=O) groups excluding carboxylic acids is 2. The number of carbonyl (C=O) groups is 2. The van der Waals surface area contributed by atoms with Crippen LogP contribution in [0.2, 0.25) is 0 Å². The highest BCUT2D eigenvalue weighted by Crippen LogP contribution is 2.28. The lowest BCUT2D eigenvalue weighted by Gasteiger charge is -2.22. The molecular weight excluding hydrogens is 484 g/mol. The SMILES string of the molecule is COC(=O)c1cc2cc(NC(=O)CN(CCc3ccccc3)S(=O)(=O)c3ccccc3)ccc2s1. The molecule has 0 saturated carbocycles. The van der Waals surface area contributed by atoms with Crippen molar-refractivity contribution in [3.8, 4) is 0 Å². The van der Waals surface area contributed by atoms with Gasteiger partial charge in [-0.15, -0.1) is 11.3 Å². The van der Waals surface area contributed by atoms with E-state index in [2.05, 4.69) is 5.32 Å². The molecule has 7 nitrogen and oxygen atoms in total. The van der Waals surface area contributed by atoms with Crippen molar-refractivity contribution in [1.82, 2.24) is 4.31 Å². The van der Waals surface area contributed by atoms with Crippen molar-refractivity contribution in [3.63, 3.8) is 0 Å². The molecule has 35 heavy (non-hydrogen) atoms. The van der Waals surface area contributed by atoms with Crippen LogP contribution in [0.15, 0.2) is 89.8 Å². The van der Waals surface area contributed by atoms with Crippen molar-refractivity contribution in [2.75, 3.05) is 25.5 Å². The van der Waals surface area contributed by atoms with Crippen molar-refractivity contribution in [2.24, 2.45) is 0 Å². The van der Waals surface area contributed by atoms with E-state index in [0.29, 0.717) is 17.0 Å². The summed E-state index contributed by atoms with van der Waals surface area (Å²) in [7, 11) is -2.55. The maximum Gasteiger partial charge on any atom is 0.348 e. The molecule has 0 saturated heterocycles. The smallest absolute Gasteiger partial charge is 0.348 e. The van der Waals surface area contributed by atoms with E-state index in [9.17, 15) is 18.0 Å². The van der Waals surface area contributed by atoms with Crippen molar-refractivity contribution in [3.05, 3.63) is 95.4 Å². The summed E-state index contributed by atoms with van der Waals surface area (Å²) in [5, 5.41) is 3.57. The minimum Gasteiger partial charge on any atom is -0.465 e. The summed E-state index contributed by atoms with van der Waals surface area (Å²) in [6.07, 6.45) is 0.470. The fourth-order valence-corrected chi connectivity index (χ4v) is 5.99. The first-order valence-corrected chi connectivity index (χ1v) is 13.1. The number of hydrogen-bond acceptors (Lipinski definition) is 6. The topological polar surface area (TPSA) is 92.8 Å². The van der Waals surface area contributed by atoms with Gasteiger partial charge < -0.3 is 10.1 Å². The maximum atomic E-state index is 13.3. The molecule has 1 N–H and O–H groups in total.